The third-order valence-corrected chi connectivity index (χ3v) is 4.82. The van der Waals surface area contributed by atoms with E-state index in [4.69, 9.17) is 9.47 Å². The molecule has 6 heteroatoms. The van der Waals surface area contributed by atoms with Gasteiger partial charge in [-0.25, -0.2) is 0 Å². The molecule has 2 aromatic carbocycles. The van der Waals surface area contributed by atoms with Crippen molar-refractivity contribution in [3.63, 3.8) is 0 Å². The molecule has 1 N–H and O–H groups in total. The van der Waals surface area contributed by atoms with Gasteiger partial charge in [-0.15, -0.1) is 0 Å². The number of benzene rings is 2. The van der Waals surface area contributed by atoms with Gasteiger partial charge in [0.25, 0.3) is 11.8 Å². The van der Waals surface area contributed by atoms with Crippen LogP contribution in [0.1, 0.15) is 61.0 Å². The van der Waals surface area contributed by atoms with E-state index in [9.17, 15) is 9.59 Å². The number of ether oxygens (including phenoxy) is 2. The number of amides is 2. The van der Waals surface area contributed by atoms with Crippen LogP contribution in [0.4, 0.5) is 5.69 Å². The van der Waals surface area contributed by atoms with Gasteiger partial charge in [-0.3, -0.25) is 9.59 Å². The van der Waals surface area contributed by atoms with Gasteiger partial charge in [0.05, 0.1) is 12.7 Å². The molecule has 0 aliphatic heterocycles. The molecule has 162 valence electrons. The first-order valence-electron chi connectivity index (χ1n) is 10.1. The fourth-order valence-corrected chi connectivity index (χ4v) is 3.24. The molecule has 0 aromatic heterocycles. The minimum absolute atomic E-state index is 0.225. The van der Waals surface area contributed by atoms with Gasteiger partial charge < -0.3 is 19.7 Å². The topological polar surface area (TPSA) is 67.9 Å². The Labute approximate surface area is 179 Å². The summed E-state index contributed by atoms with van der Waals surface area (Å²) < 4.78 is 11.1. The number of anilines is 1. The zero-order valence-corrected chi connectivity index (χ0v) is 18.9. The molecular weight excluding hydrogens is 380 g/mol. The highest BCUT2D eigenvalue weighted by atomic mass is 16.5. The molecule has 0 atom stereocenters. The quantitative estimate of drug-likeness (QED) is 0.685. The second kappa shape index (κ2) is 10.1. The number of nitrogens with zero attached hydrogens (tertiary/aromatic N) is 1. The number of methoxy groups -OCH3 is 1. The van der Waals surface area contributed by atoms with Crippen LogP contribution in [0.25, 0.3) is 0 Å². The maximum atomic E-state index is 12.8. The summed E-state index contributed by atoms with van der Waals surface area (Å²) in [6.45, 7) is 8.15. The molecule has 2 rings (SSSR count). The Bertz CT molecular complexity index is 878. The Kier molecular flexibility index (Phi) is 7.86. The highest BCUT2D eigenvalue weighted by molar-refractivity contribution is 5.98. The van der Waals surface area contributed by atoms with Crippen LogP contribution in [0.3, 0.4) is 0 Å². The second-order valence-corrected chi connectivity index (χ2v) is 7.99. The molecule has 0 aliphatic carbocycles. The standard InChI is InChI=1S/C24H32N2O4/c1-15(2)17-10-8-11-18(16(3)4)22(17)25-21(27)14-30-23-19(24(28)26(5)6)12-9-13-20(23)29-7/h8-13,15-16H,14H2,1-7H3,(H,25,27). The predicted molar refractivity (Wildman–Crippen MR) is 120 cm³/mol. The lowest BCUT2D eigenvalue weighted by molar-refractivity contribution is -0.118. The largest absolute Gasteiger partial charge is 0.493 e. The second-order valence-electron chi connectivity index (χ2n) is 7.99. The summed E-state index contributed by atoms with van der Waals surface area (Å²) in [6.07, 6.45) is 0. The van der Waals surface area contributed by atoms with Gasteiger partial charge in [0.15, 0.2) is 18.1 Å². The molecule has 0 unspecified atom stereocenters. The number of hydrogen-bond acceptors (Lipinski definition) is 4. The van der Waals surface area contributed by atoms with E-state index in [-0.39, 0.29) is 36.0 Å². The fraction of sp³-hybridized carbons (Fsp3) is 0.417. The molecular formula is C24H32N2O4. The van der Waals surface area contributed by atoms with Crippen LogP contribution in [0.5, 0.6) is 11.5 Å². The summed E-state index contributed by atoms with van der Waals surface area (Å²) in [7, 11) is 4.82. The molecule has 6 nitrogen and oxygen atoms in total. The molecule has 0 fully saturated rings. The normalized spacial score (nSPS) is 10.8. The Morgan fingerprint density at radius 3 is 2.03 bits per heavy atom. The molecule has 0 heterocycles. The number of carbonyl (C=O) groups is 2. The Balaban J connectivity index is 2.27. The van der Waals surface area contributed by atoms with Crippen LogP contribution < -0.4 is 14.8 Å². The van der Waals surface area contributed by atoms with E-state index in [1.807, 2.05) is 18.2 Å². The number of nitrogens with one attached hydrogen (secondary N) is 1. The van der Waals surface area contributed by atoms with Crippen molar-refractivity contribution in [1.29, 1.82) is 0 Å². The molecule has 0 spiro atoms. The van der Waals surface area contributed by atoms with Gasteiger partial charge in [0.2, 0.25) is 0 Å². The van der Waals surface area contributed by atoms with Gasteiger partial charge in [-0.1, -0.05) is 52.0 Å². The monoisotopic (exact) mass is 412 g/mol. The first-order valence-corrected chi connectivity index (χ1v) is 10.1. The van der Waals surface area contributed by atoms with Crippen molar-refractivity contribution < 1.29 is 19.1 Å². The highest BCUT2D eigenvalue weighted by Gasteiger charge is 2.21. The molecule has 2 amide bonds. The predicted octanol–water partition coefficient (Wildman–Crippen LogP) is 4.66. The van der Waals surface area contributed by atoms with Crippen molar-refractivity contribution >= 4 is 17.5 Å². The van der Waals surface area contributed by atoms with E-state index < -0.39 is 0 Å². The van der Waals surface area contributed by atoms with E-state index in [1.54, 1.807) is 32.3 Å². The Morgan fingerprint density at radius 2 is 1.53 bits per heavy atom. The van der Waals surface area contributed by atoms with Crippen molar-refractivity contribution in [3.8, 4) is 11.5 Å². The van der Waals surface area contributed by atoms with Gasteiger partial charge in [-0.05, 0) is 35.1 Å². The van der Waals surface area contributed by atoms with Gasteiger partial charge in [0, 0.05) is 19.8 Å². The summed E-state index contributed by atoms with van der Waals surface area (Å²) in [5, 5.41) is 3.02. The van der Waals surface area contributed by atoms with E-state index in [0.717, 1.165) is 16.8 Å². The first kappa shape index (κ1) is 23.3. The molecule has 30 heavy (non-hydrogen) atoms. The van der Waals surface area contributed by atoms with Crippen LogP contribution in [-0.4, -0.2) is 44.5 Å². The van der Waals surface area contributed by atoms with Gasteiger partial charge in [-0.2, -0.15) is 0 Å². The Hall–Kier alpha value is -3.02. The molecule has 0 radical (unpaired) electrons. The summed E-state index contributed by atoms with van der Waals surface area (Å²) in [5.41, 5.74) is 3.34. The third-order valence-electron chi connectivity index (χ3n) is 4.82. The molecule has 0 saturated heterocycles. The number of hydrogen-bond donors (Lipinski definition) is 1. The lowest BCUT2D eigenvalue weighted by Gasteiger charge is -2.21. The van der Waals surface area contributed by atoms with Crippen LogP contribution in [0.15, 0.2) is 36.4 Å². The zero-order chi connectivity index (χ0) is 22.4. The van der Waals surface area contributed by atoms with E-state index in [2.05, 4.69) is 33.0 Å². The molecule has 2 aromatic rings. The zero-order valence-electron chi connectivity index (χ0n) is 18.9. The lowest BCUT2D eigenvalue weighted by atomic mass is 9.92. The van der Waals surface area contributed by atoms with Crippen LogP contribution >= 0.6 is 0 Å². The number of rotatable bonds is 8. The smallest absolute Gasteiger partial charge is 0.262 e. The fourth-order valence-electron chi connectivity index (χ4n) is 3.24. The van der Waals surface area contributed by atoms with Gasteiger partial charge in [0.1, 0.15) is 0 Å². The summed E-state index contributed by atoms with van der Waals surface area (Å²) in [5.74, 6) is 0.670. The average molecular weight is 413 g/mol. The maximum Gasteiger partial charge on any atom is 0.262 e. The van der Waals surface area contributed by atoms with Crippen molar-refractivity contribution in [2.75, 3.05) is 33.1 Å². The van der Waals surface area contributed by atoms with Crippen molar-refractivity contribution in [3.05, 3.63) is 53.1 Å². The average Bonchev–Trinajstić information content (AvgIpc) is 2.70. The summed E-state index contributed by atoms with van der Waals surface area (Å²) in [6, 6.07) is 11.1. The van der Waals surface area contributed by atoms with Crippen LogP contribution in [0, 0.1) is 0 Å². The van der Waals surface area contributed by atoms with E-state index in [1.165, 1.54) is 12.0 Å². The minimum atomic E-state index is -0.292. The lowest BCUT2D eigenvalue weighted by Crippen LogP contribution is -2.25. The molecule has 0 aliphatic rings. The Morgan fingerprint density at radius 1 is 0.967 bits per heavy atom. The van der Waals surface area contributed by atoms with E-state index in [0.29, 0.717) is 11.3 Å². The minimum Gasteiger partial charge on any atom is -0.493 e. The first-order chi connectivity index (χ1) is 14.2. The van der Waals surface area contributed by atoms with Crippen molar-refractivity contribution in [2.45, 2.75) is 39.5 Å². The highest BCUT2D eigenvalue weighted by Crippen LogP contribution is 2.33. The summed E-state index contributed by atoms with van der Waals surface area (Å²) >= 11 is 0. The molecule has 0 bridgehead atoms. The SMILES string of the molecule is COc1cccc(C(=O)N(C)C)c1OCC(=O)Nc1c(C(C)C)cccc1C(C)C. The molecule has 0 saturated carbocycles. The number of para-hydroxylation sites is 2. The van der Waals surface area contributed by atoms with E-state index >= 15 is 0 Å². The van der Waals surface area contributed by atoms with Crippen LogP contribution in [0.2, 0.25) is 0 Å². The van der Waals surface area contributed by atoms with Crippen molar-refractivity contribution in [1.82, 2.24) is 4.90 Å². The maximum absolute atomic E-state index is 12.8. The summed E-state index contributed by atoms with van der Waals surface area (Å²) in [4.78, 5) is 26.7. The number of carbonyl (C=O) groups excluding carboxylic acids is 2. The van der Waals surface area contributed by atoms with Gasteiger partial charge >= 0.3 is 0 Å². The van der Waals surface area contributed by atoms with Crippen LogP contribution in [-0.2, 0) is 4.79 Å². The third kappa shape index (κ3) is 5.32. The van der Waals surface area contributed by atoms with Crippen molar-refractivity contribution in [2.24, 2.45) is 0 Å².